The van der Waals surface area contributed by atoms with Crippen molar-refractivity contribution in [2.75, 3.05) is 11.9 Å². The zero-order valence-corrected chi connectivity index (χ0v) is 14.0. The van der Waals surface area contributed by atoms with Gasteiger partial charge < -0.3 is 10.1 Å². The summed E-state index contributed by atoms with van der Waals surface area (Å²) in [5.74, 6) is -0.224. The fraction of sp³-hybridized carbons (Fsp3) is 0.462. The highest BCUT2D eigenvalue weighted by molar-refractivity contribution is 9.10. The largest absolute Gasteiger partial charge is 0.368 e. The lowest BCUT2D eigenvalue weighted by Crippen LogP contribution is -2.33. The van der Waals surface area contributed by atoms with Crippen molar-refractivity contribution in [3.05, 3.63) is 22.2 Å². The molecule has 0 aliphatic carbocycles. The second-order valence-corrected chi connectivity index (χ2v) is 7.37. The van der Waals surface area contributed by atoms with Gasteiger partial charge in [0.05, 0.1) is 10.6 Å². The molecule has 1 aromatic carbocycles. The van der Waals surface area contributed by atoms with Crippen molar-refractivity contribution in [3.63, 3.8) is 0 Å². The Kier molecular flexibility index (Phi) is 5.03. The number of halogens is 1. The standard InChI is InChI=1S/C13H17BrN2O4S/c1-8-6-10(9(14)7-12(8)21(15,18)19)16-13(17)11-4-2-3-5-20-11/h6-7,11H,2-5H2,1H3,(H,16,17)(H2,15,18,19). The summed E-state index contributed by atoms with van der Waals surface area (Å²) in [4.78, 5) is 12.1. The minimum atomic E-state index is -3.79. The molecule has 2 rings (SSSR count). The summed E-state index contributed by atoms with van der Waals surface area (Å²) in [6.07, 6.45) is 2.17. The Hall–Kier alpha value is -0.960. The van der Waals surface area contributed by atoms with Crippen LogP contribution in [0.2, 0.25) is 0 Å². The van der Waals surface area contributed by atoms with E-state index in [0.717, 1.165) is 12.8 Å². The number of anilines is 1. The number of benzene rings is 1. The molecule has 1 aromatic rings. The van der Waals surface area contributed by atoms with Gasteiger partial charge in [-0.05, 0) is 59.8 Å². The summed E-state index contributed by atoms with van der Waals surface area (Å²) in [5.41, 5.74) is 0.972. The SMILES string of the molecule is Cc1cc(NC(=O)C2CCCCO2)c(Br)cc1S(N)(=O)=O. The molecule has 1 fully saturated rings. The summed E-state index contributed by atoms with van der Waals surface area (Å²) < 4.78 is 28.7. The molecule has 1 heterocycles. The van der Waals surface area contributed by atoms with Crippen LogP contribution in [0.4, 0.5) is 5.69 Å². The highest BCUT2D eigenvalue weighted by Crippen LogP contribution is 2.29. The topological polar surface area (TPSA) is 98.5 Å². The van der Waals surface area contributed by atoms with E-state index in [0.29, 0.717) is 28.8 Å². The molecular weight excluding hydrogens is 360 g/mol. The maximum atomic E-state index is 12.1. The van der Waals surface area contributed by atoms with Gasteiger partial charge >= 0.3 is 0 Å². The van der Waals surface area contributed by atoms with Gasteiger partial charge in [0.2, 0.25) is 10.0 Å². The first-order valence-corrected chi connectivity index (χ1v) is 8.88. The third-order valence-electron chi connectivity index (χ3n) is 3.30. The number of aryl methyl sites for hydroxylation is 1. The van der Waals surface area contributed by atoms with E-state index in [1.54, 1.807) is 13.0 Å². The van der Waals surface area contributed by atoms with Crippen molar-refractivity contribution in [3.8, 4) is 0 Å². The van der Waals surface area contributed by atoms with E-state index in [-0.39, 0.29) is 10.8 Å². The molecule has 0 radical (unpaired) electrons. The second-order valence-electron chi connectivity index (χ2n) is 4.99. The Labute approximate surface area is 132 Å². The van der Waals surface area contributed by atoms with E-state index in [4.69, 9.17) is 9.88 Å². The molecule has 3 N–H and O–H groups in total. The van der Waals surface area contributed by atoms with E-state index in [2.05, 4.69) is 21.2 Å². The predicted octanol–water partition coefficient (Wildman–Crippen LogP) is 1.91. The van der Waals surface area contributed by atoms with E-state index in [1.165, 1.54) is 6.07 Å². The van der Waals surface area contributed by atoms with Crippen molar-refractivity contribution < 1.29 is 17.9 Å². The van der Waals surface area contributed by atoms with Gasteiger partial charge in [0.1, 0.15) is 6.10 Å². The summed E-state index contributed by atoms with van der Waals surface area (Å²) in [6, 6.07) is 2.96. The average Bonchev–Trinajstić information content (AvgIpc) is 2.42. The highest BCUT2D eigenvalue weighted by Gasteiger charge is 2.23. The number of carbonyl (C=O) groups excluding carboxylic acids is 1. The maximum Gasteiger partial charge on any atom is 0.253 e. The van der Waals surface area contributed by atoms with E-state index in [1.807, 2.05) is 0 Å². The Morgan fingerprint density at radius 2 is 2.14 bits per heavy atom. The number of rotatable bonds is 3. The Bertz CT molecular complexity index is 654. The molecule has 1 aliphatic heterocycles. The Morgan fingerprint density at radius 1 is 1.43 bits per heavy atom. The third kappa shape index (κ3) is 4.03. The molecule has 6 nitrogen and oxygen atoms in total. The molecule has 0 saturated carbocycles. The molecule has 0 spiro atoms. The van der Waals surface area contributed by atoms with Crippen molar-refractivity contribution in [2.45, 2.75) is 37.2 Å². The van der Waals surface area contributed by atoms with Crippen LogP contribution in [-0.4, -0.2) is 27.0 Å². The van der Waals surface area contributed by atoms with E-state index >= 15 is 0 Å². The second kappa shape index (κ2) is 6.43. The van der Waals surface area contributed by atoms with Crippen LogP contribution < -0.4 is 10.5 Å². The fourth-order valence-electron chi connectivity index (χ4n) is 2.23. The zero-order chi connectivity index (χ0) is 15.6. The lowest BCUT2D eigenvalue weighted by atomic mass is 10.1. The number of carbonyl (C=O) groups is 1. The first kappa shape index (κ1) is 16.4. The summed E-state index contributed by atoms with van der Waals surface area (Å²) in [6.45, 7) is 2.21. The van der Waals surface area contributed by atoms with E-state index in [9.17, 15) is 13.2 Å². The molecule has 0 aromatic heterocycles. The molecular formula is C13H17BrN2O4S. The predicted molar refractivity (Wildman–Crippen MR) is 82.5 cm³/mol. The van der Waals surface area contributed by atoms with Gasteiger partial charge in [-0.1, -0.05) is 0 Å². The van der Waals surface area contributed by atoms with Gasteiger partial charge in [-0.3, -0.25) is 4.79 Å². The van der Waals surface area contributed by atoms with Crippen molar-refractivity contribution >= 4 is 37.5 Å². The molecule has 21 heavy (non-hydrogen) atoms. The number of ether oxygens (including phenoxy) is 1. The number of amides is 1. The maximum absolute atomic E-state index is 12.1. The van der Waals surface area contributed by atoms with Crippen LogP contribution in [0.1, 0.15) is 24.8 Å². The normalized spacial score (nSPS) is 19.3. The van der Waals surface area contributed by atoms with Crippen molar-refractivity contribution in [2.24, 2.45) is 5.14 Å². The number of hydrogen-bond acceptors (Lipinski definition) is 4. The molecule has 0 bridgehead atoms. The Balaban J connectivity index is 2.21. The average molecular weight is 377 g/mol. The summed E-state index contributed by atoms with van der Waals surface area (Å²) in [5, 5.41) is 7.89. The monoisotopic (exact) mass is 376 g/mol. The van der Waals surface area contributed by atoms with Crippen LogP contribution in [-0.2, 0) is 19.6 Å². The van der Waals surface area contributed by atoms with Gasteiger partial charge in [-0.15, -0.1) is 0 Å². The summed E-state index contributed by atoms with van der Waals surface area (Å²) >= 11 is 3.25. The van der Waals surface area contributed by atoms with Crippen LogP contribution in [0.5, 0.6) is 0 Å². The quantitative estimate of drug-likeness (QED) is 0.841. The number of nitrogens with two attached hydrogens (primary N) is 1. The minimum absolute atomic E-state index is 0.0290. The first-order chi connectivity index (χ1) is 9.79. The van der Waals surface area contributed by atoms with Crippen LogP contribution in [0, 0.1) is 6.92 Å². The van der Waals surface area contributed by atoms with Crippen molar-refractivity contribution in [1.82, 2.24) is 0 Å². The number of sulfonamides is 1. The minimum Gasteiger partial charge on any atom is -0.368 e. The molecule has 8 heteroatoms. The van der Waals surface area contributed by atoms with Crippen LogP contribution in [0.15, 0.2) is 21.5 Å². The lowest BCUT2D eigenvalue weighted by molar-refractivity contribution is -0.129. The Morgan fingerprint density at radius 3 is 2.71 bits per heavy atom. The third-order valence-corrected chi connectivity index (χ3v) is 5.01. The fourth-order valence-corrected chi connectivity index (χ4v) is 3.61. The van der Waals surface area contributed by atoms with Gasteiger partial charge in [-0.25, -0.2) is 13.6 Å². The molecule has 1 saturated heterocycles. The van der Waals surface area contributed by atoms with Gasteiger partial charge in [0, 0.05) is 11.1 Å². The number of primary sulfonamides is 1. The van der Waals surface area contributed by atoms with Crippen LogP contribution in [0.3, 0.4) is 0 Å². The molecule has 1 amide bonds. The molecule has 116 valence electrons. The molecule has 1 atom stereocenters. The van der Waals surface area contributed by atoms with Gasteiger partial charge in [0.15, 0.2) is 0 Å². The lowest BCUT2D eigenvalue weighted by Gasteiger charge is -2.22. The first-order valence-electron chi connectivity index (χ1n) is 6.54. The number of hydrogen-bond donors (Lipinski definition) is 2. The summed E-state index contributed by atoms with van der Waals surface area (Å²) in [7, 11) is -3.79. The molecule has 1 unspecified atom stereocenters. The van der Waals surface area contributed by atoms with E-state index < -0.39 is 16.1 Å². The number of nitrogens with one attached hydrogen (secondary N) is 1. The highest BCUT2D eigenvalue weighted by atomic mass is 79.9. The van der Waals surface area contributed by atoms with Gasteiger partial charge in [0.25, 0.3) is 5.91 Å². The molecule has 1 aliphatic rings. The zero-order valence-electron chi connectivity index (χ0n) is 11.6. The van der Waals surface area contributed by atoms with Gasteiger partial charge in [-0.2, -0.15) is 0 Å². The van der Waals surface area contributed by atoms with Crippen molar-refractivity contribution in [1.29, 1.82) is 0 Å². The van der Waals surface area contributed by atoms with Crippen LogP contribution in [0.25, 0.3) is 0 Å². The van der Waals surface area contributed by atoms with Crippen LogP contribution >= 0.6 is 15.9 Å². The smallest absolute Gasteiger partial charge is 0.253 e.